The second kappa shape index (κ2) is 7.28. The predicted octanol–water partition coefficient (Wildman–Crippen LogP) is 4.69. The van der Waals surface area contributed by atoms with Crippen LogP contribution in [-0.2, 0) is 9.53 Å². The maximum absolute atomic E-state index is 12.6. The summed E-state index contributed by atoms with van der Waals surface area (Å²) >= 11 is 0. The van der Waals surface area contributed by atoms with Crippen molar-refractivity contribution < 1.29 is 9.53 Å². The van der Waals surface area contributed by atoms with Crippen molar-refractivity contribution in [3.8, 4) is 0 Å². The normalized spacial score (nSPS) is 22.1. The summed E-state index contributed by atoms with van der Waals surface area (Å²) in [4.78, 5) is 12.6. The van der Waals surface area contributed by atoms with Gasteiger partial charge in [-0.15, -0.1) is 0 Å². The first kappa shape index (κ1) is 17.0. The fraction of sp³-hybridized carbons (Fsp3) is 0.632. The fourth-order valence-corrected chi connectivity index (χ4v) is 3.04. The van der Waals surface area contributed by atoms with Gasteiger partial charge in [0.15, 0.2) is 0 Å². The van der Waals surface area contributed by atoms with E-state index in [0.29, 0.717) is 24.4 Å². The molecule has 1 N–H and O–H groups in total. The van der Waals surface area contributed by atoms with E-state index in [1.54, 1.807) is 0 Å². The molecular formula is C19H29NO2. The van der Waals surface area contributed by atoms with Crippen molar-refractivity contribution in [1.82, 2.24) is 0 Å². The molecule has 1 amide bonds. The lowest BCUT2D eigenvalue weighted by molar-refractivity contribution is -0.131. The average molecular weight is 303 g/mol. The highest BCUT2D eigenvalue weighted by atomic mass is 16.5. The van der Waals surface area contributed by atoms with E-state index in [9.17, 15) is 4.79 Å². The molecule has 2 rings (SSSR count). The van der Waals surface area contributed by atoms with Crippen molar-refractivity contribution in [1.29, 1.82) is 0 Å². The molecule has 1 aromatic carbocycles. The molecule has 0 bridgehead atoms. The Labute approximate surface area is 134 Å². The number of carbonyl (C=O) groups excluding carboxylic acids is 1. The number of amides is 1. The average Bonchev–Trinajstić information content (AvgIpc) is 2.46. The van der Waals surface area contributed by atoms with Gasteiger partial charge in [-0.2, -0.15) is 0 Å². The molecular weight excluding hydrogens is 274 g/mol. The first-order chi connectivity index (χ1) is 10.4. The van der Waals surface area contributed by atoms with Crippen LogP contribution in [0.3, 0.4) is 0 Å². The fourth-order valence-electron chi connectivity index (χ4n) is 3.04. The number of rotatable bonds is 4. The van der Waals surface area contributed by atoms with Crippen molar-refractivity contribution >= 4 is 11.6 Å². The van der Waals surface area contributed by atoms with E-state index in [1.807, 2.05) is 0 Å². The van der Waals surface area contributed by atoms with Gasteiger partial charge < -0.3 is 10.1 Å². The summed E-state index contributed by atoms with van der Waals surface area (Å²) in [6.07, 6.45) is 1.54. The minimum Gasteiger partial charge on any atom is -0.368 e. The Morgan fingerprint density at radius 1 is 1.18 bits per heavy atom. The molecule has 0 unspecified atom stereocenters. The Bertz CT molecular complexity index is 496. The highest BCUT2D eigenvalue weighted by Crippen LogP contribution is 2.33. The van der Waals surface area contributed by atoms with Crippen LogP contribution in [0.15, 0.2) is 18.2 Å². The van der Waals surface area contributed by atoms with Crippen molar-refractivity contribution in [2.24, 2.45) is 5.92 Å². The maximum Gasteiger partial charge on any atom is 0.253 e. The molecule has 2 atom stereocenters. The van der Waals surface area contributed by atoms with Gasteiger partial charge in [-0.3, -0.25) is 4.79 Å². The van der Waals surface area contributed by atoms with Crippen molar-refractivity contribution in [3.05, 3.63) is 29.3 Å². The Kier molecular flexibility index (Phi) is 5.63. The minimum atomic E-state index is -0.316. The van der Waals surface area contributed by atoms with Crippen LogP contribution >= 0.6 is 0 Å². The Morgan fingerprint density at radius 2 is 1.77 bits per heavy atom. The van der Waals surface area contributed by atoms with Crippen LogP contribution in [-0.4, -0.2) is 18.6 Å². The van der Waals surface area contributed by atoms with Crippen LogP contribution in [0.1, 0.15) is 70.4 Å². The summed E-state index contributed by atoms with van der Waals surface area (Å²) in [6.45, 7) is 11.5. The molecule has 1 heterocycles. The zero-order valence-corrected chi connectivity index (χ0v) is 14.5. The zero-order chi connectivity index (χ0) is 16.3. The first-order valence-electron chi connectivity index (χ1n) is 8.45. The van der Waals surface area contributed by atoms with Crippen molar-refractivity contribution in [2.45, 2.75) is 65.4 Å². The maximum atomic E-state index is 12.6. The number of hydrogen-bond donors (Lipinski definition) is 1. The van der Waals surface area contributed by atoms with E-state index in [1.165, 1.54) is 11.1 Å². The van der Waals surface area contributed by atoms with E-state index in [4.69, 9.17) is 4.74 Å². The molecule has 0 aliphatic carbocycles. The topological polar surface area (TPSA) is 38.3 Å². The Morgan fingerprint density at radius 3 is 2.27 bits per heavy atom. The third-order valence-electron chi connectivity index (χ3n) is 4.46. The highest BCUT2D eigenvalue weighted by molar-refractivity contribution is 5.95. The second-order valence-electron chi connectivity index (χ2n) is 7.10. The molecule has 22 heavy (non-hydrogen) atoms. The van der Waals surface area contributed by atoms with Gasteiger partial charge in [0.1, 0.15) is 6.10 Å². The van der Waals surface area contributed by atoms with Crippen LogP contribution in [0.4, 0.5) is 5.69 Å². The summed E-state index contributed by atoms with van der Waals surface area (Å²) in [5, 5.41) is 3.17. The molecule has 1 aliphatic heterocycles. The number of carbonyl (C=O) groups is 1. The number of hydrogen-bond acceptors (Lipinski definition) is 2. The summed E-state index contributed by atoms with van der Waals surface area (Å²) in [7, 11) is 0. The largest absolute Gasteiger partial charge is 0.368 e. The molecule has 1 saturated heterocycles. The smallest absolute Gasteiger partial charge is 0.253 e. The van der Waals surface area contributed by atoms with Gasteiger partial charge in [0.05, 0.1) is 0 Å². The molecule has 0 saturated carbocycles. The first-order valence-corrected chi connectivity index (χ1v) is 8.45. The van der Waals surface area contributed by atoms with Gasteiger partial charge in [0.25, 0.3) is 5.91 Å². The Hall–Kier alpha value is -1.35. The van der Waals surface area contributed by atoms with Crippen LogP contribution in [0.5, 0.6) is 0 Å². The molecule has 0 spiro atoms. The quantitative estimate of drug-likeness (QED) is 0.876. The van der Waals surface area contributed by atoms with E-state index in [-0.39, 0.29) is 12.0 Å². The molecule has 0 aromatic heterocycles. The van der Waals surface area contributed by atoms with E-state index < -0.39 is 0 Å². The monoisotopic (exact) mass is 303 g/mol. The number of anilines is 1. The van der Waals surface area contributed by atoms with Gasteiger partial charge in [-0.25, -0.2) is 0 Å². The molecule has 0 radical (unpaired) electrons. The van der Waals surface area contributed by atoms with Gasteiger partial charge in [-0.05, 0) is 41.7 Å². The molecule has 1 aliphatic rings. The lowest BCUT2D eigenvalue weighted by Crippen LogP contribution is -2.36. The lowest BCUT2D eigenvalue weighted by Gasteiger charge is -2.28. The number of ether oxygens (including phenoxy) is 1. The van der Waals surface area contributed by atoms with E-state index >= 15 is 0 Å². The van der Waals surface area contributed by atoms with Gasteiger partial charge >= 0.3 is 0 Å². The van der Waals surface area contributed by atoms with E-state index in [2.05, 4.69) is 58.1 Å². The summed E-state index contributed by atoms with van der Waals surface area (Å²) in [5.74, 6) is 1.30. The van der Waals surface area contributed by atoms with Crippen LogP contribution < -0.4 is 5.32 Å². The molecule has 3 heteroatoms. The third kappa shape index (κ3) is 3.89. The van der Waals surface area contributed by atoms with Gasteiger partial charge in [0.2, 0.25) is 0 Å². The van der Waals surface area contributed by atoms with Crippen molar-refractivity contribution in [2.75, 3.05) is 11.9 Å². The van der Waals surface area contributed by atoms with Gasteiger partial charge in [-0.1, -0.05) is 52.8 Å². The van der Waals surface area contributed by atoms with E-state index in [0.717, 1.165) is 18.5 Å². The minimum absolute atomic E-state index is 0.00144. The van der Waals surface area contributed by atoms with Crippen LogP contribution in [0, 0.1) is 5.92 Å². The van der Waals surface area contributed by atoms with Crippen LogP contribution in [0.2, 0.25) is 0 Å². The van der Waals surface area contributed by atoms with Crippen molar-refractivity contribution in [3.63, 3.8) is 0 Å². The SMILES string of the molecule is CC(C)c1cccc(C(C)C)c1NC(=O)[C@@H]1C[C@@H](C)CCO1. The molecule has 1 aromatic rings. The standard InChI is InChI=1S/C19H29NO2/c1-12(2)15-7-6-8-16(13(3)4)18(15)20-19(21)17-11-14(5)9-10-22-17/h6-8,12-14,17H,9-11H2,1-5H3,(H,20,21)/t14-,17-/m0/s1. The highest BCUT2D eigenvalue weighted by Gasteiger charge is 2.27. The molecule has 1 fully saturated rings. The number of benzene rings is 1. The van der Waals surface area contributed by atoms with Crippen LogP contribution in [0.25, 0.3) is 0 Å². The predicted molar refractivity (Wildman–Crippen MR) is 91.4 cm³/mol. The number of para-hydroxylation sites is 1. The number of nitrogens with one attached hydrogen (secondary N) is 1. The summed E-state index contributed by atoms with van der Waals surface area (Å²) < 4.78 is 5.67. The summed E-state index contributed by atoms with van der Waals surface area (Å²) in [5.41, 5.74) is 3.38. The molecule has 3 nitrogen and oxygen atoms in total. The Balaban J connectivity index is 2.25. The second-order valence-corrected chi connectivity index (χ2v) is 7.10. The van der Waals surface area contributed by atoms with Gasteiger partial charge in [0, 0.05) is 12.3 Å². The molecule has 122 valence electrons. The summed E-state index contributed by atoms with van der Waals surface area (Å²) in [6, 6.07) is 6.30. The third-order valence-corrected chi connectivity index (χ3v) is 4.46. The zero-order valence-electron chi connectivity index (χ0n) is 14.5. The lowest BCUT2D eigenvalue weighted by atomic mass is 9.92.